The third-order valence-electron chi connectivity index (χ3n) is 3.95. The summed E-state index contributed by atoms with van der Waals surface area (Å²) in [6, 6.07) is 7.75. The van der Waals surface area contributed by atoms with Gasteiger partial charge in [0.05, 0.1) is 16.1 Å². The molecular formula is C18H17Cl2N3O3. The van der Waals surface area contributed by atoms with Crippen molar-refractivity contribution in [1.29, 1.82) is 0 Å². The third kappa shape index (κ3) is 4.72. The molecule has 6 nitrogen and oxygen atoms in total. The molecule has 0 saturated carbocycles. The number of benzene rings is 1. The van der Waals surface area contributed by atoms with E-state index in [2.05, 4.69) is 15.6 Å². The molecule has 26 heavy (non-hydrogen) atoms. The maximum Gasteiger partial charge on any atom is 0.274 e. The summed E-state index contributed by atoms with van der Waals surface area (Å²) in [4.78, 5) is 28.6. The fraction of sp³-hybridized carbons (Fsp3) is 0.278. The van der Waals surface area contributed by atoms with Crippen molar-refractivity contribution >= 4 is 40.7 Å². The van der Waals surface area contributed by atoms with Crippen LogP contribution in [0.25, 0.3) is 0 Å². The number of hydrogen-bond donors (Lipinski definition) is 2. The van der Waals surface area contributed by atoms with Gasteiger partial charge in [-0.25, -0.2) is 0 Å². The highest BCUT2D eigenvalue weighted by Gasteiger charge is 2.17. The highest BCUT2D eigenvalue weighted by molar-refractivity contribution is 6.42. The second-order valence-electron chi connectivity index (χ2n) is 5.86. The number of halogens is 2. The van der Waals surface area contributed by atoms with Gasteiger partial charge in [0.25, 0.3) is 11.8 Å². The number of carbonyl (C=O) groups is 2. The fourth-order valence-electron chi connectivity index (χ4n) is 2.58. The molecule has 1 fully saturated rings. The molecule has 1 aliphatic rings. The van der Waals surface area contributed by atoms with Gasteiger partial charge in [-0.15, -0.1) is 0 Å². The Kier molecular flexibility index (Phi) is 6.08. The Morgan fingerprint density at radius 3 is 2.73 bits per heavy atom. The van der Waals surface area contributed by atoms with Crippen LogP contribution in [0.1, 0.15) is 33.7 Å². The standard InChI is InChI=1S/C18H17Cl2N3O3/c19-14-4-3-12(9-15(14)20)23-18(25)16-8-11(5-6-21-16)17(24)22-10-13-2-1-7-26-13/h3-6,8-9,13H,1-2,7,10H2,(H,22,24)(H,23,25). The third-order valence-corrected chi connectivity index (χ3v) is 4.69. The lowest BCUT2D eigenvalue weighted by Gasteiger charge is -2.11. The van der Waals surface area contributed by atoms with Crippen molar-refractivity contribution in [2.24, 2.45) is 0 Å². The number of amides is 2. The van der Waals surface area contributed by atoms with Crippen LogP contribution in [-0.2, 0) is 4.74 Å². The molecule has 1 atom stereocenters. The summed E-state index contributed by atoms with van der Waals surface area (Å²) in [6.45, 7) is 1.18. The number of nitrogens with zero attached hydrogens (tertiary/aromatic N) is 1. The maximum atomic E-state index is 12.4. The molecule has 0 aliphatic carbocycles. The predicted octanol–water partition coefficient (Wildman–Crippen LogP) is 3.55. The fourth-order valence-corrected chi connectivity index (χ4v) is 2.88. The Morgan fingerprint density at radius 1 is 1.15 bits per heavy atom. The highest BCUT2D eigenvalue weighted by Crippen LogP contribution is 2.25. The average Bonchev–Trinajstić information content (AvgIpc) is 3.16. The summed E-state index contributed by atoms with van der Waals surface area (Å²) in [7, 11) is 0. The van der Waals surface area contributed by atoms with Gasteiger partial charge >= 0.3 is 0 Å². The normalized spacial score (nSPS) is 16.3. The van der Waals surface area contributed by atoms with E-state index in [1.807, 2.05) is 0 Å². The second kappa shape index (κ2) is 8.49. The van der Waals surface area contributed by atoms with Gasteiger partial charge in [-0.3, -0.25) is 14.6 Å². The first-order valence-corrected chi connectivity index (χ1v) is 8.91. The van der Waals surface area contributed by atoms with Gasteiger partial charge in [-0.2, -0.15) is 0 Å². The van der Waals surface area contributed by atoms with E-state index in [1.165, 1.54) is 12.3 Å². The quantitative estimate of drug-likeness (QED) is 0.813. The minimum absolute atomic E-state index is 0.0539. The monoisotopic (exact) mass is 393 g/mol. The van der Waals surface area contributed by atoms with Crippen LogP contribution in [0.2, 0.25) is 10.0 Å². The van der Waals surface area contributed by atoms with Crippen LogP contribution >= 0.6 is 23.2 Å². The second-order valence-corrected chi connectivity index (χ2v) is 6.67. The molecule has 1 unspecified atom stereocenters. The molecule has 2 heterocycles. The van der Waals surface area contributed by atoms with E-state index in [-0.39, 0.29) is 17.7 Å². The maximum absolute atomic E-state index is 12.4. The summed E-state index contributed by atoms with van der Waals surface area (Å²) in [5.74, 6) is -0.719. The zero-order valence-corrected chi connectivity index (χ0v) is 15.3. The first-order valence-electron chi connectivity index (χ1n) is 8.15. The largest absolute Gasteiger partial charge is 0.376 e. The SMILES string of the molecule is O=C(NCC1CCCO1)c1ccnc(C(=O)Nc2ccc(Cl)c(Cl)c2)c1. The smallest absolute Gasteiger partial charge is 0.274 e. The van der Waals surface area contributed by atoms with Crippen LogP contribution in [0, 0.1) is 0 Å². The Bertz CT molecular complexity index is 823. The van der Waals surface area contributed by atoms with E-state index < -0.39 is 5.91 Å². The molecular weight excluding hydrogens is 377 g/mol. The lowest BCUT2D eigenvalue weighted by molar-refractivity contribution is 0.0857. The molecule has 0 radical (unpaired) electrons. The Hall–Kier alpha value is -2.15. The van der Waals surface area contributed by atoms with E-state index in [0.29, 0.717) is 27.8 Å². The van der Waals surface area contributed by atoms with E-state index in [4.69, 9.17) is 27.9 Å². The number of aromatic nitrogens is 1. The summed E-state index contributed by atoms with van der Waals surface area (Å²) in [6.07, 6.45) is 3.42. The first kappa shape index (κ1) is 18.6. The van der Waals surface area contributed by atoms with E-state index in [0.717, 1.165) is 19.4 Å². The first-order chi connectivity index (χ1) is 12.5. The summed E-state index contributed by atoms with van der Waals surface area (Å²) in [5, 5.41) is 6.22. The van der Waals surface area contributed by atoms with E-state index >= 15 is 0 Å². The van der Waals surface area contributed by atoms with Crippen molar-refractivity contribution in [3.8, 4) is 0 Å². The van der Waals surface area contributed by atoms with Crippen LogP contribution < -0.4 is 10.6 Å². The molecule has 8 heteroatoms. The van der Waals surface area contributed by atoms with Crippen molar-refractivity contribution in [3.63, 3.8) is 0 Å². The number of anilines is 1. The zero-order valence-electron chi connectivity index (χ0n) is 13.8. The van der Waals surface area contributed by atoms with Gasteiger partial charge in [0.2, 0.25) is 0 Å². The van der Waals surface area contributed by atoms with Gasteiger partial charge in [-0.05, 0) is 43.2 Å². The highest BCUT2D eigenvalue weighted by atomic mass is 35.5. The molecule has 1 aromatic heterocycles. The van der Waals surface area contributed by atoms with E-state index in [9.17, 15) is 9.59 Å². The van der Waals surface area contributed by atoms with E-state index in [1.54, 1.807) is 24.3 Å². The van der Waals surface area contributed by atoms with Crippen molar-refractivity contribution in [1.82, 2.24) is 10.3 Å². The zero-order chi connectivity index (χ0) is 18.5. The minimum Gasteiger partial charge on any atom is -0.376 e. The number of nitrogens with one attached hydrogen (secondary N) is 2. The van der Waals surface area contributed by atoms with Crippen molar-refractivity contribution in [2.75, 3.05) is 18.5 Å². The van der Waals surface area contributed by atoms with Gasteiger partial charge in [0.1, 0.15) is 5.69 Å². The number of rotatable bonds is 5. The lowest BCUT2D eigenvalue weighted by atomic mass is 10.2. The molecule has 0 bridgehead atoms. The number of pyridine rings is 1. The topological polar surface area (TPSA) is 80.3 Å². The average molecular weight is 394 g/mol. The lowest BCUT2D eigenvalue weighted by Crippen LogP contribution is -2.32. The van der Waals surface area contributed by atoms with Gasteiger partial charge in [0, 0.05) is 30.6 Å². The molecule has 2 amide bonds. The molecule has 2 N–H and O–H groups in total. The minimum atomic E-state index is -0.447. The van der Waals surface area contributed by atoms with Gasteiger partial charge in [0.15, 0.2) is 0 Å². The van der Waals surface area contributed by atoms with Crippen molar-refractivity contribution < 1.29 is 14.3 Å². The van der Waals surface area contributed by atoms with Crippen LogP contribution in [0.4, 0.5) is 5.69 Å². The molecule has 1 saturated heterocycles. The summed E-state index contributed by atoms with van der Waals surface area (Å²) < 4.78 is 5.47. The van der Waals surface area contributed by atoms with Crippen LogP contribution in [0.3, 0.4) is 0 Å². The number of carbonyl (C=O) groups excluding carboxylic acids is 2. The van der Waals surface area contributed by atoms with Crippen LogP contribution in [0.5, 0.6) is 0 Å². The van der Waals surface area contributed by atoms with Crippen molar-refractivity contribution in [2.45, 2.75) is 18.9 Å². The van der Waals surface area contributed by atoms with Gasteiger partial charge < -0.3 is 15.4 Å². The Morgan fingerprint density at radius 2 is 2.00 bits per heavy atom. The number of hydrogen-bond acceptors (Lipinski definition) is 4. The van der Waals surface area contributed by atoms with Crippen LogP contribution in [0.15, 0.2) is 36.5 Å². The number of ether oxygens (including phenoxy) is 1. The summed E-state index contributed by atoms with van der Waals surface area (Å²) >= 11 is 11.8. The molecule has 0 spiro atoms. The van der Waals surface area contributed by atoms with Gasteiger partial charge in [-0.1, -0.05) is 23.2 Å². The van der Waals surface area contributed by atoms with Crippen molar-refractivity contribution in [3.05, 3.63) is 57.8 Å². The molecule has 1 aromatic carbocycles. The Balaban J connectivity index is 1.64. The van der Waals surface area contributed by atoms with Crippen LogP contribution in [-0.4, -0.2) is 36.1 Å². The predicted molar refractivity (Wildman–Crippen MR) is 100.0 cm³/mol. The molecule has 136 valence electrons. The molecule has 2 aromatic rings. The Labute approximate surface area is 160 Å². The molecule has 3 rings (SSSR count). The molecule has 1 aliphatic heterocycles. The summed E-state index contributed by atoms with van der Waals surface area (Å²) in [5.41, 5.74) is 0.970.